The summed E-state index contributed by atoms with van der Waals surface area (Å²) in [6.45, 7) is 1.34. The first-order valence-corrected chi connectivity index (χ1v) is 12.2. The van der Waals surface area contributed by atoms with E-state index in [4.69, 9.17) is 4.42 Å². The molecule has 3 aromatic carbocycles. The SMILES string of the molecule is Cc1ccc(-n2cc(-c3ccccc3)nc2NC(=O)CN(Cc2ccco2)C(=O)c2ccc(F)cc2)cc1F. The number of carbonyl (C=O) groups excluding carboxylic acids is 2. The molecule has 0 aliphatic carbocycles. The number of nitrogens with zero attached hydrogens (tertiary/aromatic N) is 3. The van der Waals surface area contributed by atoms with Crippen molar-refractivity contribution in [3.8, 4) is 16.9 Å². The lowest BCUT2D eigenvalue weighted by molar-refractivity contribution is -0.117. The molecule has 0 aliphatic rings. The Kier molecular flexibility index (Phi) is 7.31. The molecule has 1 N–H and O–H groups in total. The fraction of sp³-hybridized carbons (Fsp3) is 0.100. The summed E-state index contributed by atoms with van der Waals surface area (Å²) in [5, 5.41) is 2.76. The van der Waals surface area contributed by atoms with E-state index in [0.29, 0.717) is 22.7 Å². The quantitative estimate of drug-likeness (QED) is 0.269. The van der Waals surface area contributed by atoms with Crippen molar-refractivity contribution < 1.29 is 22.8 Å². The second-order valence-corrected chi connectivity index (χ2v) is 8.91. The van der Waals surface area contributed by atoms with Crippen molar-refractivity contribution in [3.63, 3.8) is 0 Å². The molecule has 0 bridgehead atoms. The molecule has 0 atom stereocenters. The van der Waals surface area contributed by atoms with E-state index in [1.54, 1.807) is 42.0 Å². The maximum absolute atomic E-state index is 14.4. The van der Waals surface area contributed by atoms with Gasteiger partial charge in [-0.1, -0.05) is 36.4 Å². The zero-order valence-corrected chi connectivity index (χ0v) is 21.0. The van der Waals surface area contributed by atoms with Gasteiger partial charge in [0.1, 0.15) is 23.9 Å². The number of anilines is 1. The third-order valence-electron chi connectivity index (χ3n) is 6.10. The van der Waals surface area contributed by atoms with Gasteiger partial charge in [-0.15, -0.1) is 0 Å². The van der Waals surface area contributed by atoms with Gasteiger partial charge in [-0.05, 0) is 61.0 Å². The summed E-state index contributed by atoms with van der Waals surface area (Å²) in [6, 6.07) is 22.5. The van der Waals surface area contributed by atoms with Crippen LogP contribution < -0.4 is 5.32 Å². The summed E-state index contributed by atoms with van der Waals surface area (Å²) in [5.41, 5.74) is 2.56. The second-order valence-electron chi connectivity index (χ2n) is 8.91. The number of halogens is 2. The number of imidazole rings is 1. The molecule has 0 unspecified atom stereocenters. The molecule has 0 fully saturated rings. The van der Waals surface area contributed by atoms with Crippen molar-refractivity contribution in [3.05, 3.63) is 126 Å². The van der Waals surface area contributed by atoms with Crippen molar-refractivity contribution in [2.75, 3.05) is 11.9 Å². The topological polar surface area (TPSA) is 80.4 Å². The molecule has 5 aromatic rings. The zero-order chi connectivity index (χ0) is 27.4. The normalized spacial score (nSPS) is 10.8. The van der Waals surface area contributed by atoms with E-state index in [1.807, 2.05) is 30.3 Å². The molecule has 196 valence electrons. The number of hydrogen-bond acceptors (Lipinski definition) is 4. The number of amides is 2. The number of carbonyl (C=O) groups is 2. The van der Waals surface area contributed by atoms with Gasteiger partial charge in [0.2, 0.25) is 11.9 Å². The van der Waals surface area contributed by atoms with Crippen LogP contribution in [0.2, 0.25) is 0 Å². The van der Waals surface area contributed by atoms with Gasteiger partial charge >= 0.3 is 0 Å². The highest BCUT2D eigenvalue weighted by atomic mass is 19.1. The van der Waals surface area contributed by atoms with Crippen LogP contribution >= 0.6 is 0 Å². The molecule has 7 nitrogen and oxygen atoms in total. The van der Waals surface area contributed by atoms with Gasteiger partial charge in [0.25, 0.3) is 5.91 Å². The van der Waals surface area contributed by atoms with Gasteiger partial charge in [0, 0.05) is 17.3 Å². The Morgan fingerprint density at radius 2 is 1.74 bits per heavy atom. The van der Waals surface area contributed by atoms with Crippen molar-refractivity contribution in [1.82, 2.24) is 14.5 Å². The van der Waals surface area contributed by atoms with Crippen LogP contribution in [-0.2, 0) is 11.3 Å². The largest absolute Gasteiger partial charge is 0.467 e. The molecule has 0 saturated heterocycles. The fourth-order valence-electron chi connectivity index (χ4n) is 4.05. The monoisotopic (exact) mass is 526 g/mol. The minimum atomic E-state index is -0.531. The lowest BCUT2D eigenvalue weighted by Gasteiger charge is -2.21. The first kappa shape index (κ1) is 25.6. The molecule has 0 aliphatic heterocycles. The van der Waals surface area contributed by atoms with E-state index in [9.17, 15) is 18.4 Å². The van der Waals surface area contributed by atoms with E-state index >= 15 is 0 Å². The highest BCUT2D eigenvalue weighted by molar-refractivity contribution is 5.99. The average molecular weight is 527 g/mol. The number of aryl methyl sites for hydroxylation is 1. The molecule has 5 rings (SSSR count). The third kappa shape index (κ3) is 5.93. The Balaban J connectivity index is 1.44. The summed E-state index contributed by atoms with van der Waals surface area (Å²) < 4.78 is 34.8. The van der Waals surface area contributed by atoms with Crippen LogP contribution in [0.3, 0.4) is 0 Å². The van der Waals surface area contributed by atoms with Crippen LogP contribution in [0.15, 0.2) is 102 Å². The minimum Gasteiger partial charge on any atom is -0.467 e. The minimum absolute atomic E-state index is 0.0174. The van der Waals surface area contributed by atoms with Gasteiger partial charge in [-0.3, -0.25) is 19.5 Å². The molecule has 39 heavy (non-hydrogen) atoms. The number of rotatable bonds is 8. The fourth-order valence-corrected chi connectivity index (χ4v) is 4.05. The number of aromatic nitrogens is 2. The maximum atomic E-state index is 14.4. The molecule has 0 radical (unpaired) electrons. The number of hydrogen-bond donors (Lipinski definition) is 1. The Labute approximate surface area is 223 Å². The van der Waals surface area contributed by atoms with Crippen LogP contribution in [0.25, 0.3) is 16.9 Å². The van der Waals surface area contributed by atoms with Crippen molar-refractivity contribution in [2.24, 2.45) is 0 Å². The van der Waals surface area contributed by atoms with Gasteiger partial charge in [0.15, 0.2) is 0 Å². The predicted molar refractivity (Wildman–Crippen MR) is 142 cm³/mol. The van der Waals surface area contributed by atoms with Gasteiger partial charge in [0.05, 0.1) is 24.2 Å². The Bertz CT molecular complexity index is 1600. The Hall–Kier alpha value is -5.05. The van der Waals surface area contributed by atoms with Crippen LogP contribution in [0, 0.1) is 18.6 Å². The Morgan fingerprint density at radius 1 is 0.974 bits per heavy atom. The van der Waals surface area contributed by atoms with Crippen molar-refractivity contribution >= 4 is 17.8 Å². The standard InChI is InChI=1S/C30H24F2N4O3/c1-20-9-14-24(16-26(20)32)36-18-27(21-6-3-2-4-7-21)33-30(36)34-28(37)19-35(17-25-8-5-15-39-25)29(38)22-10-12-23(31)13-11-22/h2-16,18H,17,19H2,1H3,(H,33,34,37). The van der Waals surface area contributed by atoms with Crippen LogP contribution in [0.1, 0.15) is 21.7 Å². The van der Waals surface area contributed by atoms with E-state index in [1.165, 1.54) is 41.5 Å². The first-order chi connectivity index (χ1) is 18.9. The van der Waals surface area contributed by atoms with E-state index in [0.717, 1.165) is 5.56 Å². The number of nitrogens with one attached hydrogen (secondary N) is 1. The second kappa shape index (κ2) is 11.1. The maximum Gasteiger partial charge on any atom is 0.254 e. The average Bonchev–Trinajstić information content (AvgIpc) is 3.61. The smallest absolute Gasteiger partial charge is 0.254 e. The van der Waals surface area contributed by atoms with E-state index in [-0.39, 0.29) is 24.6 Å². The van der Waals surface area contributed by atoms with E-state index in [2.05, 4.69) is 10.3 Å². The molecular formula is C30H24F2N4O3. The summed E-state index contributed by atoms with van der Waals surface area (Å²) in [5.74, 6) is -1.24. The molecule has 0 spiro atoms. The van der Waals surface area contributed by atoms with Crippen molar-refractivity contribution in [2.45, 2.75) is 13.5 Å². The lowest BCUT2D eigenvalue weighted by Crippen LogP contribution is -2.37. The molecule has 2 amide bonds. The van der Waals surface area contributed by atoms with Gasteiger partial charge in [-0.25, -0.2) is 13.8 Å². The molecule has 9 heteroatoms. The summed E-state index contributed by atoms with van der Waals surface area (Å²) in [7, 11) is 0. The lowest BCUT2D eigenvalue weighted by atomic mass is 10.2. The van der Waals surface area contributed by atoms with Crippen LogP contribution in [-0.4, -0.2) is 32.8 Å². The number of benzene rings is 3. The third-order valence-corrected chi connectivity index (χ3v) is 6.10. The molecule has 0 saturated carbocycles. The van der Waals surface area contributed by atoms with Crippen LogP contribution in [0.4, 0.5) is 14.7 Å². The van der Waals surface area contributed by atoms with E-state index < -0.39 is 23.4 Å². The molecule has 2 heterocycles. The highest BCUT2D eigenvalue weighted by Gasteiger charge is 2.22. The predicted octanol–water partition coefficient (Wildman–Crippen LogP) is 6.00. The molecule has 2 aromatic heterocycles. The molecular weight excluding hydrogens is 502 g/mol. The zero-order valence-electron chi connectivity index (χ0n) is 21.0. The summed E-state index contributed by atoms with van der Waals surface area (Å²) >= 11 is 0. The van der Waals surface area contributed by atoms with Crippen LogP contribution in [0.5, 0.6) is 0 Å². The summed E-state index contributed by atoms with van der Waals surface area (Å²) in [6.07, 6.45) is 3.18. The summed E-state index contributed by atoms with van der Waals surface area (Å²) in [4.78, 5) is 32.4. The highest BCUT2D eigenvalue weighted by Crippen LogP contribution is 2.25. The first-order valence-electron chi connectivity index (χ1n) is 12.2. The van der Waals surface area contributed by atoms with Crippen molar-refractivity contribution in [1.29, 1.82) is 0 Å². The number of furan rings is 1. The van der Waals surface area contributed by atoms with Gasteiger partial charge in [-0.2, -0.15) is 0 Å². The Morgan fingerprint density at radius 3 is 2.44 bits per heavy atom. The van der Waals surface area contributed by atoms with Gasteiger partial charge < -0.3 is 9.32 Å².